The zero-order valence-corrected chi connectivity index (χ0v) is 15.8. The number of ketones is 1. The molecule has 0 saturated carbocycles. The average Bonchev–Trinajstić information content (AvgIpc) is 3.21. The van der Waals surface area contributed by atoms with Gasteiger partial charge in [-0.05, 0) is 36.1 Å². The molecule has 1 N–H and O–H groups in total. The topological polar surface area (TPSA) is 69.0 Å². The van der Waals surface area contributed by atoms with Crippen molar-refractivity contribution in [1.82, 2.24) is 14.8 Å². The third-order valence-corrected chi connectivity index (χ3v) is 5.64. The molecule has 7 heteroatoms. The molecule has 6 nitrogen and oxygen atoms in total. The fourth-order valence-electron chi connectivity index (χ4n) is 4.30. The normalized spacial score (nSPS) is 20.7. The highest BCUT2D eigenvalue weighted by atomic mass is 19.1. The van der Waals surface area contributed by atoms with Gasteiger partial charge >= 0.3 is 0 Å². The van der Waals surface area contributed by atoms with Crippen LogP contribution in [0.25, 0.3) is 0 Å². The van der Waals surface area contributed by atoms with Crippen LogP contribution in [0.4, 0.5) is 10.3 Å². The van der Waals surface area contributed by atoms with Crippen LogP contribution >= 0.6 is 0 Å². The number of anilines is 1. The molecule has 0 unspecified atom stereocenters. The van der Waals surface area contributed by atoms with Crippen molar-refractivity contribution < 1.29 is 13.9 Å². The summed E-state index contributed by atoms with van der Waals surface area (Å²) in [6.45, 7) is 0. The minimum Gasteiger partial charge on any atom is -0.496 e. The minimum atomic E-state index is -0.401. The first kappa shape index (κ1) is 17.6. The Balaban J connectivity index is 1.61. The van der Waals surface area contributed by atoms with Crippen LogP contribution in [0.2, 0.25) is 0 Å². The van der Waals surface area contributed by atoms with Gasteiger partial charge in [0.25, 0.3) is 0 Å². The molecule has 146 valence electrons. The predicted octanol–water partition coefficient (Wildman–Crippen LogP) is 3.84. The fourth-order valence-corrected chi connectivity index (χ4v) is 4.30. The first-order chi connectivity index (χ1) is 14.2. The smallest absolute Gasteiger partial charge is 0.226 e. The van der Waals surface area contributed by atoms with Crippen molar-refractivity contribution >= 4 is 11.7 Å². The van der Waals surface area contributed by atoms with E-state index >= 15 is 0 Å². The molecule has 1 aliphatic heterocycles. The summed E-state index contributed by atoms with van der Waals surface area (Å²) in [5.41, 5.74) is 3.34. The van der Waals surface area contributed by atoms with Crippen molar-refractivity contribution in [2.75, 3.05) is 12.4 Å². The minimum absolute atomic E-state index is 0.0119. The van der Waals surface area contributed by atoms with E-state index in [2.05, 4.69) is 15.4 Å². The van der Waals surface area contributed by atoms with Crippen LogP contribution in [0, 0.1) is 5.82 Å². The van der Waals surface area contributed by atoms with E-state index in [1.165, 1.54) is 18.5 Å². The zero-order valence-electron chi connectivity index (χ0n) is 15.8. The molecule has 3 aromatic rings. The molecule has 1 aliphatic carbocycles. The van der Waals surface area contributed by atoms with Crippen molar-refractivity contribution in [1.29, 1.82) is 0 Å². The summed E-state index contributed by atoms with van der Waals surface area (Å²) in [5, 5.41) is 7.65. The van der Waals surface area contributed by atoms with Gasteiger partial charge in [0.15, 0.2) is 5.78 Å². The van der Waals surface area contributed by atoms with Gasteiger partial charge < -0.3 is 10.1 Å². The monoisotopic (exact) mass is 390 g/mol. The first-order valence-electron chi connectivity index (χ1n) is 9.47. The van der Waals surface area contributed by atoms with Gasteiger partial charge in [-0.1, -0.05) is 30.3 Å². The van der Waals surface area contributed by atoms with Crippen LogP contribution in [0.1, 0.15) is 35.9 Å². The number of carbonyl (C=O) groups excluding carboxylic acids is 1. The maximum absolute atomic E-state index is 13.3. The Morgan fingerprint density at radius 1 is 1.14 bits per heavy atom. The van der Waals surface area contributed by atoms with E-state index in [-0.39, 0.29) is 17.5 Å². The molecule has 29 heavy (non-hydrogen) atoms. The molecule has 2 atom stereocenters. The quantitative estimate of drug-likeness (QED) is 0.736. The largest absolute Gasteiger partial charge is 0.496 e. The Bertz CT molecular complexity index is 1120. The maximum atomic E-state index is 13.3. The number of nitrogens with zero attached hydrogens (tertiary/aromatic N) is 3. The van der Waals surface area contributed by atoms with Crippen LogP contribution < -0.4 is 10.1 Å². The molecule has 0 radical (unpaired) electrons. The number of nitrogens with one attached hydrogen (secondary N) is 1. The van der Waals surface area contributed by atoms with Gasteiger partial charge in [0, 0.05) is 23.3 Å². The molecule has 2 aromatic carbocycles. The highest BCUT2D eigenvalue weighted by Crippen LogP contribution is 2.45. The van der Waals surface area contributed by atoms with Crippen molar-refractivity contribution in [3.63, 3.8) is 0 Å². The zero-order chi connectivity index (χ0) is 20.0. The van der Waals surface area contributed by atoms with Gasteiger partial charge in [0.05, 0.1) is 7.11 Å². The molecular formula is C22H19FN4O2. The second kappa shape index (κ2) is 6.84. The van der Waals surface area contributed by atoms with Gasteiger partial charge in [0.2, 0.25) is 5.95 Å². The molecule has 0 amide bonds. The standard InChI is InChI=1S/C22H19FN4O2/c1-29-19-5-3-2-4-16(19)21-20-17(26-22-24-12-25-27(21)22)10-14(11-18(20)28)13-6-8-15(23)9-7-13/h2-9,12,14,21H,10-11H2,1H3,(H,24,25,26)/t14-,21+/m1/s1. The second-order valence-electron chi connectivity index (χ2n) is 7.27. The number of hydrogen-bond donors (Lipinski definition) is 1. The van der Waals surface area contributed by atoms with Crippen LogP contribution in [0.5, 0.6) is 5.75 Å². The summed E-state index contributed by atoms with van der Waals surface area (Å²) in [6, 6.07) is 13.6. The molecule has 2 aliphatic rings. The Morgan fingerprint density at radius 2 is 1.93 bits per heavy atom. The second-order valence-corrected chi connectivity index (χ2v) is 7.27. The van der Waals surface area contributed by atoms with Crippen molar-refractivity contribution in [3.05, 3.63) is 83.1 Å². The highest BCUT2D eigenvalue weighted by molar-refractivity contribution is 6.00. The van der Waals surface area contributed by atoms with E-state index in [1.54, 1.807) is 23.9 Å². The van der Waals surface area contributed by atoms with Crippen LogP contribution in [0.15, 0.2) is 66.1 Å². The van der Waals surface area contributed by atoms with Gasteiger partial charge in [-0.15, -0.1) is 0 Å². The molecule has 1 aromatic heterocycles. The van der Waals surface area contributed by atoms with Crippen LogP contribution in [-0.2, 0) is 4.79 Å². The molecule has 0 saturated heterocycles. The van der Waals surface area contributed by atoms with Crippen LogP contribution in [-0.4, -0.2) is 27.7 Å². The average molecular weight is 390 g/mol. The number of rotatable bonds is 3. The summed E-state index contributed by atoms with van der Waals surface area (Å²) in [6.07, 6.45) is 2.48. The van der Waals surface area contributed by atoms with E-state index in [0.29, 0.717) is 30.1 Å². The van der Waals surface area contributed by atoms with Crippen molar-refractivity contribution in [2.45, 2.75) is 24.8 Å². The number of benzene rings is 2. The molecule has 0 spiro atoms. The van der Waals surface area contributed by atoms with Gasteiger partial charge in [-0.3, -0.25) is 4.79 Å². The number of para-hydroxylation sites is 1. The van der Waals surface area contributed by atoms with E-state index in [9.17, 15) is 9.18 Å². The summed E-state index contributed by atoms with van der Waals surface area (Å²) in [5.74, 6) is 1.04. The molecule has 0 fully saturated rings. The third kappa shape index (κ3) is 2.90. The molecule has 5 rings (SSSR count). The first-order valence-corrected chi connectivity index (χ1v) is 9.47. The summed E-state index contributed by atoms with van der Waals surface area (Å²) >= 11 is 0. The van der Waals surface area contributed by atoms with Gasteiger partial charge in [0.1, 0.15) is 23.9 Å². The highest BCUT2D eigenvalue weighted by Gasteiger charge is 2.40. The number of allylic oxidation sites excluding steroid dienone is 2. The number of ether oxygens (including phenoxy) is 1. The predicted molar refractivity (Wildman–Crippen MR) is 105 cm³/mol. The Labute approximate surface area is 167 Å². The molecule has 0 bridgehead atoms. The van der Waals surface area contributed by atoms with Crippen molar-refractivity contribution in [2.24, 2.45) is 0 Å². The van der Waals surface area contributed by atoms with Gasteiger partial charge in [-0.2, -0.15) is 10.1 Å². The number of aromatic nitrogens is 3. The van der Waals surface area contributed by atoms with E-state index in [0.717, 1.165) is 16.8 Å². The summed E-state index contributed by atoms with van der Waals surface area (Å²) in [4.78, 5) is 17.6. The van der Waals surface area contributed by atoms with Crippen molar-refractivity contribution in [3.8, 4) is 5.75 Å². The maximum Gasteiger partial charge on any atom is 0.226 e. The number of Topliss-reactive ketones (excluding diaryl/α,β-unsaturated/α-hetero) is 1. The Kier molecular flexibility index (Phi) is 4.16. The van der Waals surface area contributed by atoms with Gasteiger partial charge in [-0.25, -0.2) is 9.07 Å². The number of fused-ring (bicyclic) bond motifs is 1. The SMILES string of the molecule is COc1ccccc1[C@H]1C2=C(C[C@@H](c3ccc(F)cc3)CC2=O)Nc2ncnn21. The fraction of sp³-hybridized carbons (Fsp3) is 0.227. The number of methoxy groups -OCH3 is 1. The summed E-state index contributed by atoms with van der Waals surface area (Å²) in [7, 11) is 1.62. The lowest BCUT2D eigenvalue weighted by Crippen LogP contribution is -2.33. The molecule has 2 heterocycles. The molecular weight excluding hydrogens is 371 g/mol. The van der Waals surface area contributed by atoms with Crippen LogP contribution in [0.3, 0.4) is 0 Å². The number of carbonyl (C=O) groups is 1. The number of halogens is 1. The lowest BCUT2D eigenvalue weighted by atomic mass is 9.78. The number of hydrogen-bond acceptors (Lipinski definition) is 5. The lowest BCUT2D eigenvalue weighted by molar-refractivity contribution is -0.116. The Hall–Kier alpha value is -3.48. The summed E-state index contributed by atoms with van der Waals surface area (Å²) < 4.78 is 20.6. The lowest BCUT2D eigenvalue weighted by Gasteiger charge is -2.35. The van der Waals surface area contributed by atoms with E-state index in [1.807, 2.05) is 24.3 Å². The third-order valence-electron chi connectivity index (χ3n) is 5.64. The van der Waals surface area contributed by atoms with E-state index < -0.39 is 6.04 Å². The Morgan fingerprint density at radius 3 is 2.72 bits per heavy atom. The van der Waals surface area contributed by atoms with E-state index in [4.69, 9.17) is 4.74 Å².